The second kappa shape index (κ2) is 6.53. The van der Waals surface area contributed by atoms with E-state index in [-0.39, 0.29) is 0 Å². The molecular formula is C27H19N3. The number of nitrogens with zero attached hydrogens (tertiary/aromatic N) is 3. The molecule has 0 spiro atoms. The first kappa shape index (κ1) is 16.9. The van der Waals surface area contributed by atoms with Gasteiger partial charge in [-0.25, -0.2) is 0 Å². The molecule has 0 saturated heterocycles. The molecule has 6 aromatic rings. The Morgan fingerprint density at radius 1 is 0.600 bits per heavy atom. The number of aryl methyl sites for hydroxylation is 1. The summed E-state index contributed by atoms with van der Waals surface area (Å²) < 4.78 is 2.19. The number of pyridine rings is 1. The first-order valence-electron chi connectivity index (χ1n) is 10.1. The lowest BCUT2D eigenvalue weighted by atomic mass is 9.95. The van der Waals surface area contributed by atoms with E-state index in [1.54, 1.807) is 0 Å². The van der Waals surface area contributed by atoms with E-state index >= 15 is 0 Å². The van der Waals surface area contributed by atoms with E-state index in [9.17, 15) is 0 Å². The average molecular weight is 385 g/mol. The van der Waals surface area contributed by atoms with Gasteiger partial charge >= 0.3 is 0 Å². The third-order valence-electron chi connectivity index (χ3n) is 5.78. The fraction of sp³-hybridized carbons (Fsp3) is 0.0370. The van der Waals surface area contributed by atoms with Gasteiger partial charge in [0.1, 0.15) is 0 Å². The van der Waals surface area contributed by atoms with Crippen LogP contribution in [0.1, 0.15) is 5.56 Å². The van der Waals surface area contributed by atoms with E-state index in [1.165, 1.54) is 27.5 Å². The minimum absolute atomic E-state index is 0.869. The summed E-state index contributed by atoms with van der Waals surface area (Å²) in [6.45, 7) is 2.10. The normalized spacial score (nSPS) is 11.5. The highest BCUT2D eigenvalue weighted by molar-refractivity contribution is 6.18. The number of aromatic nitrogens is 3. The zero-order chi connectivity index (χ0) is 20.1. The Labute approximate surface area is 174 Å². The third kappa shape index (κ3) is 2.45. The summed E-state index contributed by atoms with van der Waals surface area (Å²) in [5, 5.41) is 12.8. The molecule has 0 atom stereocenters. The molecule has 0 radical (unpaired) electrons. The standard InChI is InChI=1S/C27H19N3/c1-18-14-16-20(17-15-18)26-28-29-27-23-12-7-11-21(19-8-3-2-4-9-19)25(23)22-10-5-6-13-24(22)30(26)27/h2-17H,1H3. The van der Waals surface area contributed by atoms with Crippen LogP contribution in [0.3, 0.4) is 0 Å². The molecule has 0 aliphatic heterocycles. The Hall–Kier alpha value is -3.98. The monoisotopic (exact) mass is 385 g/mol. The SMILES string of the molecule is Cc1ccc(-c2nnc3c4cccc(-c5ccccc5)c4c4ccccc4n23)cc1. The number of para-hydroxylation sites is 1. The van der Waals surface area contributed by atoms with Crippen LogP contribution >= 0.6 is 0 Å². The van der Waals surface area contributed by atoms with Gasteiger partial charge in [0.15, 0.2) is 11.5 Å². The van der Waals surface area contributed by atoms with Gasteiger partial charge in [0.2, 0.25) is 0 Å². The van der Waals surface area contributed by atoms with Crippen molar-refractivity contribution in [2.45, 2.75) is 6.92 Å². The smallest absolute Gasteiger partial charge is 0.169 e. The molecule has 0 amide bonds. The summed E-state index contributed by atoms with van der Waals surface area (Å²) in [6.07, 6.45) is 0. The quantitative estimate of drug-likeness (QED) is 0.311. The number of hydrogen-bond acceptors (Lipinski definition) is 2. The van der Waals surface area contributed by atoms with Crippen LogP contribution in [0.5, 0.6) is 0 Å². The molecule has 2 aromatic heterocycles. The second-order valence-electron chi connectivity index (χ2n) is 7.66. The van der Waals surface area contributed by atoms with Gasteiger partial charge in [0.25, 0.3) is 0 Å². The number of hydrogen-bond donors (Lipinski definition) is 0. The van der Waals surface area contributed by atoms with Crippen molar-refractivity contribution in [2.24, 2.45) is 0 Å². The molecule has 6 rings (SSSR count). The van der Waals surface area contributed by atoms with Crippen molar-refractivity contribution in [3.8, 4) is 22.5 Å². The Kier molecular flexibility index (Phi) is 3.68. The minimum Gasteiger partial charge on any atom is -0.274 e. The van der Waals surface area contributed by atoms with Crippen molar-refractivity contribution >= 4 is 27.3 Å². The maximum Gasteiger partial charge on any atom is 0.169 e. The highest BCUT2D eigenvalue weighted by atomic mass is 15.2. The van der Waals surface area contributed by atoms with E-state index in [4.69, 9.17) is 0 Å². The van der Waals surface area contributed by atoms with Crippen LogP contribution in [-0.4, -0.2) is 14.6 Å². The van der Waals surface area contributed by atoms with Crippen molar-refractivity contribution in [3.05, 3.63) is 103 Å². The van der Waals surface area contributed by atoms with Crippen molar-refractivity contribution < 1.29 is 0 Å². The molecule has 0 unspecified atom stereocenters. The highest BCUT2D eigenvalue weighted by Crippen LogP contribution is 2.37. The van der Waals surface area contributed by atoms with Crippen molar-refractivity contribution in [2.75, 3.05) is 0 Å². The summed E-state index contributed by atoms with van der Waals surface area (Å²) in [5.74, 6) is 0.869. The summed E-state index contributed by atoms with van der Waals surface area (Å²) in [4.78, 5) is 0. The lowest BCUT2D eigenvalue weighted by molar-refractivity contribution is 1.12. The van der Waals surface area contributed by atoms with Gasteiger partial charge in [-0.3, -0.25) is 4.40 Å². The molecule has 4 aromatic carbocycles. The molecule has 0 fully saturated rings. The van der Waals surface area contributed by atoms with Gasteiger partial charge in [0.05, 0.1) is 5.52 Å². The van der Waals surface area contributed by atoms with Crippen molar-refractivity contribution in [1.29, 1.82) is 0 Å². The fourth-order valence-corrected chi connectivity index (χ4v) is 4.34. The third-order valence-corrected chi connectivity index (χ3v) is 5.78. The molecule has 2 heterocycles. The van der Waals surface area contributed by atoms with Crippen LogP contribution in [0, 0.1) is 6.92 Å². The molecule has 3 nitrogen and oxygen atoms in total. The molecule has 3 heteroatoms. The lowest BCUT2D eigenvalue weighted by Crippen LogP contribution is -1.95. The topological polar surface area (TPSA) is 30.2 Å². The zero-order valence-electron chi connectivity index (χ0n) is 16.6. The molecule has 0 aliphatic carbocycles. The summed E-state index contributed by atoms with van der Waals surface area (Å²) in [5.41, 5.74) is 6.72. The minimum atomic E-state index is 0.869. The van der Waals surface area contributed by atoms with Gasteiger partial charge in [-0.2, -0.15) is 0 Å². The van der Waals surface area contributed by atoms with Crippen LogP contribution in [0.2, 0.25) is 0 Å². The zero-order valence-corrected chi connectivity index (χ0v) is 16.6. The Balaban J connectivity index is 1.79. The predicted octanol–water partition coefficient (Wildman–Crippen LogP) is 6.68. The van der Waals surface area contributed by atoms with Gasteiger partial charge in [-0.15, -0.1) is 10.2 Å². The van der Waals surface area contributed by atoms with Crippen LogP contribution < -0.4 is 0 Å². The molecule has 0 saturated carbocycles. The number of benzene rings is 4. The lowest BCUT2D eigenvalue weighted by Gasteiger charge is -2.13. The van der Waals surface area contributed by atoms with E-state index in [2.05, 4.69) is 119 Å². The maximum atomic E-state index is 4.64. The molecule has 30 heavy (non-hydrogen) atoms. The first-order chi connectivity index (χ1) is 14.8. The van der Waals surface area contributed by atoms with E-state index in [0.29, 0.717) is 0 Å². The maximum absolute atomic E-state index is 4.64. The van der Waals surface area contributed by atoms with E-state index < -0.39 is 0 Å². The Bertz CT molecular complexity index is 1530. The van der Waals surface area contributed by atoms with Crippen molar-refractivity contribution in [1.82, 2.24) is 14.6 Å². The van der Waals surface area contributed by atoms with Gasteiger partial charge in [0, 0.05) is 21.7 Å². The first-order valence-corrected chi connectivity index (χ1v) is 10.1. The largest absolute Gasteiger partial charge is 0.274 e. The summed E-state index contributed by atoms with van der Waals surface area (Å²) >= 11 is 0. The summed E-state index contributed by atoms with van der Waals surface area (Å²) in [7, 11) is 0. The van der Waals surface area contributed by atoms with Crippen LogP contribution in [0.25, 0.3) is 49.8 Å². The predicted molar refractivity (Wildman–Crippen MR) is 124 cm³/mol. The van der Waals surface area contributed by atoms with Crippen LogP contribution in [-0.2, 0) is 0 Å². The van der Waals surface area contributed by atoms with E-state index in [0.717, 1.165) is 27.9 Å². The van der Waals surface area contributed by atoms with E-state index in [1.807, 2.05) is 0 Å². The van der Waals surface area contributed by atoms with Crippen LogP contribution in [0.15, 0.2) is 97.1 Å². The molecule has 142 valence electrons. The highest BCUT2D eigenvalue weighted by Gasteiger charge is 2.17. The molecule has 0 N–H and O–H groups in total. The second-order valence-corrected chi connectivity index (χ2v) is 7.66. The number of rotatable bonds is 2. The van der Waals surface area contributed by atoms with Crippen molar-refractivity contribution in [3.63, 3.8) is 0 Å². The summed E-state index contributed by atoms with van der Waals surface area (Å²) in [6, 6.07) is 34.0. The van der Waals surface area contributed by atoms with Gasteiger partial charge in [-0.05, 0) is 24.1 Å². The Morgan fingerprint density at radius 2 is 1.33 bits per heavy atom. The average Bonchev–Trinajstić information content (AvgIpc) is 3.25. The molecule has 0 aliphatic rings. The Morgan fingerprint density at radius 3 is 2.17 bits per heavy atom. The molecular weight excluding hydrogens is 366 g/mol. The van der Waals surface area contributed by atoms with Crippen LogP contribution in [0.4, 0.5) is 0 Å². The van der Waals surface area contributed by atoms with Gasteiger partial charge in [-0.1, -0.05) is 96.6 Å². The number of fused-ring (bicyclic) bond motifs is 6. The van der Waals surface area contributed by atoms with Gasteiger partial charge < -0.3 is 0 Å². The molecule has 0 bridgehead atoms. The fourth-order valence-electron chi connectivity index (χ4n) is 4.34.